The first-order chi connectivity index (χ1) is 14.3. The largest absolute Gasteiger partial charge is 0.497 e. The van der Waals surface area contributed by atoms with Gasteiger partial charge in [0.25, 0.3) is 0 Å². The van der Waals surface area contributed by atoms with Crippen molar-refractivity contribution >= 4 is 5.95 Å². The number of nitrogens with one attached hydrogen (secondary N) is 1. The Hall–Kier alpha value is -2.99. The van der Waals surface area contributed by atoms with Gasteiger partial charge in [-0.2, -0.15) is 5.10 Å². The number of hydrogen-bond acceptors (Lipinski definition) is 6. The van der Waals surface area contributed by atoms with Gasteiger partial charge in [0, 0.05) is 18.7 Å². The van der Waals surface area contributed by atoms with Gasteiger partial charge in [-0.3, -0.25) is 4.90 Å². The zero-order valence-electron chi connectivity index (χ0n) is 16.8. The van der Waals surface area contributed by atoms with Gasteiger partial charge in [0.2, 0.25) is 5.95 Å². The average molecular weight is 390 g/mol. The van der Waals surface area contributed by atoms with Crippen LogP contribution in [-0.2, 0) is 6.54 Å². The number of hydrogen-bond donors (Lipinski definition) is 1. The van der Waals surface area contributed by atoms with Crippen LogP contribution in [0, 0.1) is 5.92 Å². The van der Waals surface area contributed by atoms with Gasteiger partial charge in [-0.1, -0.05) is 30.3 Å². The lowest BCUT2D eigenvalue weighted by atomic mass is 9.96. The third-order valence-electron chi connectivity index (χ3n) is 5.45. The monoisotopic (exact) mass is 389 g/mol. The van der Waals surface area contributed by atoms with Gasteiger partial charge >= 0.3 is 0 Å². The van der Waals surface area contributed by atoms with Crippen molar-refractivity contribution in [3.63, 3.8) is 0 Å². The first-order valence-electron chi connectivity index (χ1n) is 10.1. The van der Waals surface area contributed by atoms with E-state index in [1.54, 1.807) is 13.3 Å². The Bertz CT molecular complexity index is 893. The van der Waals surface area contributed by atoms with Crippen LogP contribution in [-0.4, -0.2) is 46.8 Å². The molecule has 0 unspecified atom stereocenters. The molecule has 2 aromatic carbocycles. The summed E-state index contributed by atoms with van der Waals surface area (Å²) in [5.41, 5.74) is 3.19. The molecule has 29 heavy (non-hydrogen) atoms. The molecule has 150 valence electrons. The summed E-state index contributed by atoms with van der Waals surface area (Å²) in [5, 5.41) is 11.6. The van der Waals surface area contributed by atoms with Crippen LogP contribution in [0.4, 0.5) is 5.95 Å². The first kappa shape index (κ1) is 19.3. The minimum Gasteiger partial charge on any atom is -0.497 e. The zero-order chi connectivity index (χ0) is 19.9. The van der Waals surface area contributed by atoms with Crippen LogP contribution in [0.2, 0.25) is 0 Å². The van der Waals surface area contributed by atoms with Crippen molar-refractivity contribution in [1.82, 2.24) is 20.1 Å². The predicted octanol–water partition coefficient (Wildman–Crippen LogP) is 3.87. The summed E-state index contributed by atoms with van der Waals surface area (Å²) in [4.78, 5) is 7.15. The Morgan fingerprint density at radius 2 is 1.79 bits per heavy atom. The third kappa shape index (κ3) is 5.29. The van der Waals surface area contributed by atoms with Crippen molar-refractivity contribution in [2.24, 2.45) is 5.92 Å². The molecule has 1 saturated heterocycles. The van der Waals surface area contributed by atoms with E-state index in [4.69, 9.17) is 4.74 Å². The molecule has 1 aliphatic rings. The summed E-state index contributed by atoms with van der Waals surface area (Å²) in [5.74, 6) is 2.05. The smallest absolute Gasteiger partial charge is 0.243 e. The van der Waals surface area contributed by atoms with Crippen molar-refractivity contribution in [2.45, 2.75) is 19.4 Å². The second kappa shape index (κ2) is 9.47. The highest BCUT2D eigenvalue weighted by molar-refractivity contribution is 5.60. The third-order valence-corrected chi connectivity index (χ3v) is 5.45. The summed E-state index contributed by atoms with van der Waals surface area (Å²) in [6.07, 6.45) is 4.06. The molecule has 1 aliphatic heterocycles. The van der Waals surface area contributed by atoms with E-state index in [2.05, 4.69) is 55.7 Å². The van der Waals surface area contributed by atoms with E-state index >= 15 is 0 Å². The van der Waals surface area contributed by atoms with Crippen LogP contribution in [0.5, 0.6) is 5.75 Å². The number of piperidine rings is 1. The fourth-order valence-corrected chi connectivity index (χ4v) is 3.71. The summed E-state index contributed by atoms with van der Waals surface area (Å²) < 4.78 is 5.21. The van der Waals surface area contributed by atoms with Crippen molar-refractivity contribution in [3.8, 4) is 17.0 Å². The molecule has 0 amide bonds. The Morgan fingerprint density at radius 3 is 2.52 bits per heavy atom. The number of benzene rings is 2. The van der Waals surface area contributed by atoms with Gasteiger partial charge in [-0.15, -0.1) is 5.10 Å². The molecule has 0 saturated carbocycles. The molecular formula is C23H27N5O. The Morgan fingerprint density at radius 1 is 1.03 bits per heavy atom. The Kier molecular flexibility index (Phi) is 6.32. The number of anilines is 1. The topological polar surface area (TPSA) is 63.2 Å². The number of methoxy groups -OCH3 is 1. The molecule has 0 radical (unpaired) electrons. The van der Waals surface area contributed by atoms with Crippen LogP contribution < -0.4 is 10.1 Å². The number of aromatic nitrogens is 3. The lowest BCUT2D eigenvalue weighted by Gasteiger charge is -2.32. The van der Waals surface area contributed by atoms with Crippen molar-refractivity contribution in [2.75, 3.05) is 32.1 Å². The minimum absolute atomic E-state index is 0.588. The van der Waals surface area contributed by atoms with Gasteiger partial charge in [0.05, 0.1) is 19.0 Å². The predicted molar refractivity (Wildman–Crippen MR) is 115 cm³/mol. The van der Waals surface area contributed by atoms with E-state index in [0.29, 0.717) is 11.9 Å². The Balaban J connectivity index is 1.27. The van der Waals surface area contributed by atoms with E-state index in [1.165, 1.54) is 18.4 Å². The second-order valence-electron chi connectivity index (χ2n) is 7.48. The summed E-state index contributed by atoms with van der Waals surface area (Å²) in [6, 6.07) is 18.5. The lowest BCUT2D eigenvalue weighted by molar-refractivity contribution is 0.182. The lowest BCUT2D eigenvalue weighted by Crippen LogP contribution is -2.35. The van der Waals surface area contributed by atoms with Gasteiger partial charge in [0.15, 0.2) is 0 Å². The molecule has 3 aromatic rings. The van der Waals surface area contributed by atoms with Gasteiger partial charge in [-0.25, -0.2) is 4.98 Å². The summed E-state index contributed by atoms with van der Waals surface area (Å²) in [6.45, 7) is 4.18. The highest BCUT2D eigenvalue weighted by atomic mass is 16.5. The number of rotatable bonds is 7. The second-order valence-corrected chi connectivity index (χ2v) is 7.48. The summed E-state index contributed by atoms with van der Waals surface area (Å²) >= 11 is 0. The fraction of sp³-hybridized carbons (Fsp3) is 0.348. The van der Waals surface area contributed by atoms with E-state index in [0.717, 1.165) is 43.2 Å². The average Bonchev–Trinajstić information content (AvgIpc) is 2.80. The molecular weight excluding hydrogens is 362 g/mol. The molecule has 0 atom stereocenters. The SMILES string of the molecule is COc1ccc(-c2cnnc(NCC3CCN(Cc4ccccc4)CC3)n2)cc1. The maximum Gasteiger partial charge on any atom is 0.243 e. The number of ether oxygens (including phenoxy) is 1. The fourth-order valence-electron chi connectivity index (χ4n) is 3.71. The van der Waals surface area contributed by atoms with E-state index in [9.17, 15) is 0 Å². The Labute approximate surface area is 172 Å². The quantitative estimate of drug-likeness (QED) is 0.662. The van der Waals surface area contributed by atoms with Crippen LogP contribution >= 0.6 is 0 Å². The van der Waals surface area contributed by atoms with E-state index < -0.39 is 0 Å². The van der Waals surface area contributed by atoms with Gasteiger partial charge in [0.1, 0.15) is 5.75 Å². The van der Waals surface area contributed by atoms with Crippen molar-refractivity contribution < 1.29 is 4.74 Å². The normalized spacial score (nSPS) is 15.2. The summed E-state index contributed by atoms with van der Waals surface area (Å²) in [7, 11) is 1.66. The molecule has 4 rings (SSSR count). The molecule has 1 aromatic heterocycles. The highest BCUT2D eigenvalue weighted by Gasteiger charge is 2.19. The van der Waals surface area contributed by atoms with Gasteiger partial charge in [-0.05, 0) is 61.7 Å². The van der Waals surface area contributed by atoms with Crippen LogP contribution in [0.1, 0.15) is 18.4 Å². The molecule has 2 heterocycles. The number of nitrogens with zero attached hydrogens (tertiary/aromatic N) is 4. The van der Waals surface area contributed by atoms with Crippen LogP contribution in [0.3, 0.4) is 0 Å². The van der Waals surface area contributed by atoms with Gasteiger partial charge < -0.3 is 10.1 Å². The first-order valence-corrected chi connectivity index (χ1v) is 10.1. The molecule has 0 bridgehead atoms. The standard InChI is InChI=1S/C23H27N5O/c1-29-21-9-7-20(8-10-21)22-16-25-27-23(26-22)24-15-18-11-13-28(14-12-18)17-19-5-3-2-4-6-19/h2-10,16,18H,11-15,17H2,1H3,(H,24,26,27). The van der Waals surface area contributed by atoms with Crippen LogP contribution in [0.25, 0.3) is 11.3 Å². The minimum atomic E-state index is 0.588. The molecule has 0 spiro atoms. The van der Waals surface area contributed by atoms with E-state index in [-0.39, 0.29) is 0 Å². The molecule has 6 nitrogen and oxygen atoms in total. The molecule has 6 heteroatoms. The maximum atomic E-state index is 5.21. The highest BCUT2D eigenvalue weighted by Crippen LogP contribution is 2.22. The molecule has 1 N–H and O–H groups in total. The van der Waals surface area contributed by atoms with Crippen molar-refractivity contribution in [3.05, 3.63) is 66.4 Å². The van der Waals surface area contributed by atoms with E-state index in [1.807, 2.05) is 24.3 Å². The zero-order valence-corrected chi connectivity index (χ0v) is 16.8. The maximum absolute atomic E-state index is 5.21. The molecule has 1 fully saturated rings. The molecule has 0 aliphatic carbocycles. The van der Waals surface area contributed by atoms with Crippen molar-refractivity contribution in [1.29, 1.82) is 0 Å². The number of likely N-dealkylation sites (tertiary alicyclic amines) is 1. The van der Waals surface area contributed by atoms with Crippen LogP contribution in [0.15, 0.2) is 60.8 Å².